The van der Waals surface area contributed by atoms with Gasteiger partial charge in [0.2, 0.25) is 0 Å². The molecule has 0 radical (unpaired) electrons. The van der Waals surface area contributed by atoms with E-state index in [4.69, 9.17) is 15.0 Å². The summed E-state index contributed by atoms with van der Waals surface area (Å²) >= 11 is 0. The molecule has 0 saturated heterocycles. The molecule has 5 nitrogen and oxygen atoms in total. The van der Waals surface area contributed by atoms with Crippen LogP contribution in [0.15, 0.2) is 121 Å². The van der Waals surface area contributed by atoms with Gasteiger partial charge >= 0.3 is 0 Å². The molecule has 39 heavy (non-hydrogen) atoms. The fourth-order valence-electron chi connectivity index (χ4n) is 5.76. The number of imidazole rings is 1. The average Bonchev–Trinajstić information content (AvgIpc) is 3.40. The van der Waals surface area contributed by atoms with Gasteiger partial charge in [-0.1, -0.05) is 91.0 Å². The Morgan fingerprint density at radius 1 is 0.487 bits per heavy atom. The summed E-state index contributed by atoms with van der Waals surface area (Å²) in [7, 11) is 2.13. The summed E-state index contributed by atoms with van der Waals surface area (Å²) in [5.74, 6) is 0.928. The van der Waals surface area contributed by atoms with Gasteiger partial charge in [0.15, 0.2) is 0 Å². The van der Waals surface area contributed by atoms with Crippen molar-refractivity contribution in [3.05, 3.63) is 121 Å². The second-order valence-electron chi connectivity index (χ2n) is 9.79. The third-order valence-electron chi connectivity index (χ3n) is 7.51. The first-order chi connectivity index (χ1) is 19.3. The second kappa shape index (κ2) is 8.36. The zero-order valence-electron chi connectivity index (χ0n) is 21.3. The van der Waals surface area contributed by atoms with Gasteiger partial charge in [-0.05, 0) is 30.3 Å². The molecule has 0 aliphatic carbocycles. The normalized spacial score (nSPS) is 12.2. The van der Waals surface area contributed by atoms with Crippen LogP contribution in [0.2, 0.25) is 0 Å². The summed E-state index contributed by atoms with van der Waals surface area (Å²) in [5.41, 5.74) is 12.0. The van der Waals surface area contributed by atoms with E-state index < -0.39 is 0 Å². The van der Waals surface area contributed by atoms with Crippen molar-refractivity contribution in [2.75, 3.05) is 11.9 Å². The fraction of sp³-hybridized carbons (Fsp3) is 0.0294. The van der Waals surface area contributed by atoms with E-state index in [9.17, 15) is 0 Å². The van der Waals surface area contributed by atoms with Gasteiger partial charge < -0.3 is 4.90 Å². The minimum Gasteiger partial charge on any atom is -0.341 e. The Balaban J connectivity index is 1.47. The Kier molecular flexibility index (Phi) is 4.67. The number of para-hydroxylation sites is 4. The lowest BCUT2D eigenvalue weighted by Gasteiger charge is -2.32. The first-order valence-electron chi connectivity index (χ1n) is 13.0. The molecule has 0 N–H and O–H groups in total. The summed E-state index contributed by atoms with van der Waals surface area (Å²) in [6, 6.07) is 41.6. The lowest BCUT2D eigenvalue weighted by Crippen LogP contribution is -2.19. The maximum absolute atomic E-state index is 5.22. The topological polar surface area (TPSA) is 46.8 Å². The molecular formula is C34H23N5. The minimum atomic E-state index is 0.862. The molecule has 2 aromatic heterocycles. The number of fused-ring (bicyclic) bond motifs is 3. The van der Waals surface area contributed by atoms with Crippen LogP contribution in [0, 0.1) is 0 Å². The van der Waals surface area contributed by atoms with Crippen LogP contribution in [0.4, 0.5) is 11.4 Å². The van der Waals surface area contributed by atoms with Gasteiger partial charge in [0.05, 0.1) is 50.5 Å². The summed E-state index contributed by atoms with van der Waals surface area (Å²) in [6.45, 7) is 0. The Bertz CT molecular complexity index is 2030. The Morgan fingerprint density at radius 2 is 1.08 bits per heavy atom. The number of rotatable bonds is 3. The molecule has 1 aliphatic heterocycles. The van der Waals surface area contributed by atoms with Crippen LogP contribution in [-0.2, 0) is 0 Å². The smallest absolute Gasteiger partial charge is 0.145 e. The Morgan fingerprint density at radius 3 is 1.82 bits per heavy atom. The SMILES string of the molecule is CN1c2c(-c3nc4ccccc4nc3-c3ccccc3)cccc2-n2c(-c3ccccc3)nc3cccc1c32. The van der Waals surface area contributed by atoms with Crippen molar-refractivity contribution in [3.8, 4) is 39.6 Å². The van der Waals surface area contributed by atoms with Gasteiger partial charge in [-0.3, -0.25) is 4.57 Å². The van der Waals surface area contributed by atoms with Crippen LogP contribution in [0.5, 0.6) is 0 Å². The van der Waals surface area contributed by atoms with E-state index in [-0.39, 0.29) is 0 Å². The standard InChI is InChI=1S/C34H23N5/c1-38-28-20-11-19-27-33(28)39(34(37-27)23-14-6-3-7-15-23)29-21-10-16-24(32(29)38)31-30(22-12-4-2-5-13-22)35-25-17-8-9-18-26(25)36-31/h2-21H,1H3. The number of benzene rings is 5. The molecule has 0 fully saturated rings. The third-order valence-corrected chi connectivity index (χ3v) is 7.51. The first-order valence-corrected chi connectivity index (χ1v) is 13.0. The van der Waals surface area contributed by atoms with Crippen molar-refractivity contribution in [1.29, 1.82) is 0 Å². The van der Waals surface area contributed by atoms with Crippen LogP contribution in [0.3, 0.4) is 0 Å². The molecular weight excluding hydrogens is 478 g/mol. The number of hydrogen-bond acceptors (Lipinski definition) is 4. The Labute approximate surface area is 225 Å². The van der Waals surface area contributed by atoms with Crippen LogP contribution in [0.1, 0.15) is 0 Å². The van der Waals surface area contributed by atoms with Crippen molar-refractivity contribution >= 4 is 33.4 Å². The van der Waals surface area contributed by atoms with E-state index in [1.807, 2.05) is 48.5 Å². The molecule has 0 saturated carbocycles. The molecule has 5 heteroatoms. The molecule has 0 unspecified atom stereocenters. The number of hydrogen-bond donors (Lipinski definition) is 0. The summed E-state index contributed by atoms with van der Waals surface area (Å²) in [6.07, 6.45) is 0. The van der Waals surface area contributed by atoms with E-state index in [1.165, 1.54) is 0 Å². The molecule has 1 aliphatic rings. The summed E-state index contributed by atoms with van der Waals surface area (Å²) in [5, 5.41) is 0. The maximum Gasteiger partial charge on any atom is 0.145 e. The van der Waals surface area contributed by atoms with Crippen LogP contribution >= 0.6 is 0 Å². The van der Waals surface area contributed by atoms with Crippen molar-refractivity contribution < 1.29 is 0 Å². The van der Waals surface area contributed by atoms with Gasteiger partial charge in [0.25, 0.3) is 0 Å². The van der Waals surface area contributed by atoms with Crippen molar-refractivity contribution in [2.24, 2.45) is 0 Å². The predicted molar refractivity (Wildman–Crippen MR) is 159 cm³/mol. The zero-order chi connectivity index (χ0) is 25.9. The average molecular weight is 502 g/mol. The monoisotopic (exact) mass is 501 g/mol. The highest BCUT2D eigenvalue weighted by Gasteiger charge is 2.30. The van der Waals surface area contributed by atoms with Crippen LogP contribution in [0.25, 0.3) is 61.7 Å². The van der Waals surface area contributed by atoms with Crippen LogP contribution in [-0.4, -0.2) is 26.6 Å². The number of nitrogens with zero attached hydrogens (tertiary/aromatic N) is 5. The van der Waals surface area contributed by atoms with Crippen molar-refractivity contribution in [1.82, 2.24) is 19.5 Å². The first kappa shape index (κ1) is 21.8. The minimum absolute atomic E-state index is 0.862. The largest absolute Gasteiger partial charge is 0.341 e. The summed E-state index contributed by atoms with van der Waals surface area (Å²) in [4.78, 5) is 17.7. The number of aromatic nitrogens is 4. The van der Waals surface area contributed by atoms with E-state index in [2.05, 4.69) is 89.3 Å². The highest BCUT2D eigenvalue weighted by molar-refractivity contribution is 6.04. The quantitative estimate of drug-likeness (QED) is 0.246. The van der Waals surface area contributed by atoms with E-state index in [1.54, 1.807) is 0 Å². The lowest BCUT2D eigenvalue weighted by molar-refractivity contribution is 1.05. The van der Waals surface area contributed by atoms with Crippen molar-refractivity contribution in [3.63, 3.8) is 0 Å². The molecule has 0 spiro atoms. The highest BCUT2D eigenvalue weighted by atomic mass is 15.2. The molecule has 0 amide bonds. The lowest BCUT2D eigenvalue weighted by atomic mass is 9.99. The van der Waals surface area contributed by atoms with Crippen molar-refractivity contribution in [2.45, 2.75) is 0 Å². The van der Waals surface area contributed by atoms with E-state index in [0.29, 0.717) is 0 Å². The van der Waals surface area contributed by atoms with Crippen LogP contribution < -0.4 is 4.90 Å². The highest BCUT2D eigenvalue weighted by Crippen LogP contribution is 2.48. The van der Waals surface area contributed by atoms with Gasteiger partial charge in [-0.15, -0.1) is 0 Å². The molecule has 3 heterocycles. The van der Waals surface area contributed by atoms with Gasteiger partial charge in [0.1, 0.15) is 5.82 Å². The molecule has 184 valence electrons. The number of anilines is 2. The second-order valence-corrected chi connectivity index (χ2v) is 9.79. The van der Waals surface area contributed by atoms with Gasteiger partial charge in [-0.2, -0.15) is 0 Å². The van der Waals surface area contributed by atoms with Gasteiger partial charge in [0, 0.05) is 23.7 Å². The molecule has 0 atom stereocenters. The molecule has 7 aromatic rings. The van der Waals surface area contributed by atoms with Gasteiger partial charge in [-0.25, -0.2) is 15.0 Å². The van der Waals surface area contributed by atoms with E-state index in [0.717, 1.165) is 73.0 Å². The maximum atomic E-state index is 5.22. The summed E-state index contributed by atoms with van der Waals surface area (Å²) < 4.78 is 2.30. The molecule has 0 bridgehead atoms. The molecule has 5 aromatic carbocycles. The fourth-order valence-corrected chi connectivity index (χ4v) is 5.76. The molecule has 8 rings (SSSR count). The third kappa shape index (κ3) is 3.23. The zero-order valence-corrected chi connectivity index (χ0v) is 21.3. The predicted octanol–water partition coefficient (Wildman–Crippen LogP) is 8.05. The Hall–Kier alpha value is -5.29. The van der Waals surface area contributed by atoms with E-state index >= 15 is 0 Å².